The molecule has 0 aromatic carbocycles. The van der Waals surface area contributed by atoms with Crippen molar-refractivity contribution in [1.29, 1.82) is 0 Å². The number of hydrogen-bond donors (Lipinski definition) is 2. The maximum Gasteiger partial charge on any atom is 0.226 e. The molecule has 0 spiro atoms. The third kappa shape index (κ3) is 6.33. The van der Waals surface area contributed by atoms with Crippen molar-refractivity contribution in [1.82, 2.24) is 15.3 Å². The molecule has 5 nitrogen and oxygen atoms in total. The SMILES string of the molecule is CC(C)(C)NCCC(=O)Nc1cnc(Br)cn1. The molecular formula is C11H17BrN4O. The molecule has 0 aliphatic heterocycles. The third-order valence-electron chi connectivity index (χ3n) is 1.90. The molecular weight excluding hydrogens is 284 g/mol. The first-order chi connectivity index (χ1) is 7.87. The lowest BCUT2D eigenvalue weighted by Gasteiger charge is -2.20. The summed E-state index contributed by atoms with van der Waals surface area (Å²) in [6.45, 7) is 6.82. The van der Waals surface area contributed by atoms with E-state index in [0.717, 1.165) is 0 Å². The normalized spacial score (nSPS) is 11.3. The minimum Gasteiger partial charge on any atom is -0.312 e. The van der Waals surface area contributed by atoms with E-state index in [4.69, 9.17) is 0 Å². The van der Waals surface area contributed by atoms with Gasteiger partial charge >= 0.3 is 0 Å². The first-order valence-corrected chi connectivity index (χ1v) is 6.18. The van der Waals surface area contributed by atoms with Crippen molar-refractivity contribution in [2.45, 2.75) is 32.7 Å². The smallest absolute Gasteiger partial charge is 0.226 e. The Morgan fingerprint density at radius 2 is 2.06 bits per heavy atom. The van der Waals surface area contributed by atoms with E-state index in [1.54, 1.807) is 6.20 Å². The van der Waals surface area contributed by atoms with Crippen LogP contribution in [0.2, 0.25) is 0 Å². The summed E-state index contributed by atoms with van der Waals surface area (Å²) in [5.74, 6) is 0.396. The average Bonchev–Trinajstić information content (AvgIpc) is 2.19. The minimum atomic E-state index is -0.0710. The number of amides is 1. The molecule has 0 saturated heterocycles. The second-order valence-electron chi connectivity index (χ2n) is 4.70. The molecule has 17 heavy (non-hydrogen) atoms. The van der Waals surface area contributed by atoms with Crippen LogP contribution < -0.4 is 10.6 Å². The van der Waals surface area contributed by atoms with Gasteiger partial charge in [0.05, 0.1) is 12.4 Å². The number of carbonyl (C=O) groups is 1. The summed E-state index contributed by atoms with van der Waals surface area (Å²) >= 11 is 3.18. The molecule has 1 rings (SSSR count). The Morgan fingerprint density at radius 1 is 1.35 bits per heavy atom. The summed E-state index contributed by atoms with van der Waals surface area (Å²) in [4.78, 5) is 19.5. The highest BCUT2D eigenvalue weighted by Gasteiger charge is 2.09. The highest BCUT2D eigenvalue weighted by Crippen LogP contribution is 2.06. The molecule has 1 aromatic rings. The van der Waals surface area contributed by atoms with Crippen LogP contribution in [0.15, 0.2) is 17.0 Å². The summed E-state index contributed by atoms with van der Waals surface area (Å²) in [6, 6.07) is 0. The van der Waals surface area contributed by atoms with Gasteiger partial charge in [-0.15, -0.1) is 0 Å². The zero-order valence-corrected chi connectivity index (χ0v) is 11.8. The van der Waals surface area contributed by atoms with Crippen LogP contribution in [-0.2, 0) is 4.79 Å². The monoisotopic (exact) mass is 300 g/mol. The van der Waals surface area contributed by atoms with Gasteiger partial charge in [0.1, 0.15) is 4.60 Å². The maximum absolute atomic E-state index is 11.6. The van der Waals surface area contributed by atoms with E-state index in [9.17, 15) is 4.79 Å². The molecule has 0 radical (unpaired) electrons. The lowest BCUT2D eigenvalue weighted by atomic mass is 10.1. The van der Waals surface area contributed by atoms with Crippen LogP contribution in [0.3, 0.4) is 0 Å². The van der Waals surface area contributed by atoms with Crippen LogP contribution in [0.5, 0.6) is 0 Å². The predicted octanol–water partition coefficient (Wildman–Crippen LogP) is 1.96. The van der Waals surface area contributed by atoms with Gasteiger partial charge in [-0.25, -0.2) is 9.97 Å². The molecule has 0 saturated carbocycles. The van der Waals surface area contributed by atoms with Crippen LogP contribution in [0, 0.1) is 0 Å². The van der Waals surface area contributed by atoms with Gasteiger partial charge in [0, 0.05) is 18.5 Å². The van der Waals surface area contributed by atoms with Crippen LogP contribution in [0.1, 0.15) is 27.2 Å². The zero-order valence-electron chi connectivity index (χ0n) is 10.2. The summed E-state index contributed by atoms with van der Waals surface area (Å²) < 4.78 is 0.643. The molecule has 0 aliphatic rings. The molecule has 1 heterocycles. The first kappa shape index (κ1) is 14.1. The molecule has 0 fully saturated rings. The molecule has 0 aliphatic carbocycles. The second kappa shape index (κ2) is 6.07. The van der Waals surface area contributed by atoms with Crippen molar-refractivity contribution in [2.24, 2.45) is 0 Å². The summed E-state index contributed by atoms with van der Waals surface area (Å²) in [6.07, 6.45) is 3.47. The van der Waals surface area contributed by atoms with Gasteiger partial charge in [-0.3, -0.25) is 4.79 Å². The predicted molar refractivity (Wildman–Crippen MR) is 70.7 cm³/mol. The Balaban J connectivity index is 2.32. The van der Waals surface area contributed by atoms with E-state index < -0.39 is 0 Å². The van der Waals surface area contributed by atoms with Crippen molar-refractivity contribution in [3.8, 4) is 0 Å². The van der Waals surface area contributed by atoms with Crippen molar-refractivity contribution in [3.05, 3.63) is 17.0 Å². The number of rotatable bonds is 4. The lowest BCUT2D eigenvalue weighted by Crippen LogP contribution is -2.37. The van der Waals surface area contributed by atoms with Crippen molar-refractivity contribution >= 4 is 27.7 Å². The summed E-state index contributed by atoms with van der Waals surface area (Å²) in [7, 11) is 0. The number of carbonyl (C=O) groups excluding carboxylic acids is 1. The number of aromatic nitrogens is 2. The molecule has 6 heteroatoms. The van der Waals surface area contributed by atoms with Crippen molar-refractivity contribution in [3.63, 3.8) is 0 Å². The van der Waals surface area contributed by atoms with E-state index in [2.05, 4.69) is 57.3 Å². The largest absolute Gasteiger partial charge is 0.312 e. The molecule has 0 atom stereocenters. The van der Waals surface area contributed by atoms with Crippen LogP contribution in [0.25, 0.3) is 0 Å². The topological polar surface area (TPSA) is 66.9 Å². The number of nitrogens with one attached hydrogen (secondary N) is 2. The molecule has 2 N–H and O–H groups in total. The Kier molecular flexibility index (Phi) is 5.02. The Hall–Kier alpha value is -1.01. The third-order valence-corrected chi connectivity index (χ3v) is 2.30. The van der Waals surface area contributed by atoms with Crippen molar-refractivity contribution < 1.29 is 4.79 Å². The Morgan fingerprint density at radius 3 is 2.59 bits per heavy atom. The maximum atomic E-state index is 11.6. The molecule has 1 aromatic heterocycles. The van der Waals surface area contributed by atoms with Crippen LogP contribution in [0.4, 0.5) is 5.82 Å². The van der Waals surface area contributed by atoms with Gasteiger partial charge in [-0.1, -0.05) is 0 Å². The summed E-state index contributed by atoms with van der Waals surface area (Å²) in [5.41, 5.74) is 0.0255. The first-order valence-electron chi connectivity index (χ1n) is 5.39. The zero-order chi connectivity index (χ0) is 12.9. The van der Waals surface area contributed by atoms with Gasteiger partial charge in [0.2, 0.25) is 5.91 Å². The van der Waals surface area contributed by atoms with Gasteiger partial charge in [-0.05, 0) is 36.7 Å². The number of anilines is 1. The second-order valence-corrected chi connectivity index (χ2v) is 5.51. The fourth-order valence-corrected chi connectivity index (χ4v) is 1.34. The summed E-state index contributed by atoms with van der Waals surface area (Å²) in [5, 5.41) is 5.93. The van der Waals surface area contributed by atoms with E-state index in [1.165, 1.54) is 6.20 Å². The molecule has 0 bridgehead atoms. The molecule has 0 unspecified atom stereocenters. The van der Waals surface area contributed by atoms with E-state index in [1.807, 2.05) is 0 Å². The van der Waals surface area contributed by atoms with E-state index in [0.29, 0.717) is 23.4 Å². The van der Waals surface area contributed by atoms with Gasteiger partial charge in [0.15, 0.2) is 5.82 Å². The average molecular weight is 301 g/mol. The van der Waals surface area contributed by atoms with Gasteiger partial charge in [0.25, 0.3) is 0 Å². The minimum absolute atomic E-state index is 0.0255. The number of hydrogen-bond acceptors (Lipinski definition) is 4. The Labute approximate surface area is 110 Å². The standard InChI is InChI=1S/C11H17BrN4O/c1-11(2,3)15-5-4-10(17)16-9-7-13-8(12)6-14-9/h6-7,15H,4-5H2,1-3H3,(H,14,16,17). The fourth-order valence-electron chi connectivity index (χ4n) is 1.13. The van der Waals surface area contributed by atoms with Crippen molar-refractivity contribution in [2.75, 3.05) is 11.9 Å². The molecule has 94 valence electrons. The van der Waals surface area contributed by atoms with E-state index >= 15 is 0 Å². The number of halogens is 1. The lowest BCUT2D eigenvalue weighted by molar-refractivity contribution is -0.116. The van der Waals surface area contributed by atoms with Crippen LogP contribution >= 0.6 is 15.9 Å². The Bertz CT molecular complexity index is 372. The highest BCUT2D eigenvalue weighted by molar-refractivity contribution is 9.10. The molecule has 1 amide bonds. The number of nitrogens with zero attached hydrogens (tertiary/aromatic N) is 2. The fraction of sp³-hybridized carbons (Fsp3) is 0.545. The van der Waals surface area contributed by atoms with E-state index in [-0.39, 0.29) is 11.4 Å². The van der Waals surface area contributed by atoms with Gasteiger partial charge in [-0.2, -0.15) is 0 Å². The van der Waals surface area contributed by atoms with Gasteiger partial charge < -0.3 is 10.6 Å². The quantitative estimate of drug-likeness (QED) is 0.892. The highest BCUT2D eigenvalue weighted by atomic mass is 79.9. The van der Waals surface area contributed by atoms with Crippen LogP contribution in [-0.4, -0.2) is 28.0 Å².